The summed E-state index contributed by atoms with van der Waals surface area (Å²) >= 11 is 0. The molecule has 0 amide bonds. The minimum atomic E-state index is -0.719. The number of carbonyl (C=O) groups is 1. The highest BCUT2D eigenvalue weighted by Crippen LogP contribution is 2.54. The molecule has 5 rings (SSSR count). The smallest absolute Gasteiger partial charge is 0.310 e. The molecule has 0 bridgehead atoms. The number of hydrogen-bond acceptors (Lipinski definition) is 5. The van der Waals surface area contributed by atoms with Crippen molar-refractivity contribution in [2.45, 2.75) is 38.3 Å². The first kappa shape index (κ1) is 18.7. The summed E-state index contributed by atoms with van der Waals surface area (Å²) in [6.45, 7) is 6.16. The molecule has 0 N–H and O–H groups in total. The van der Waals surface area contributed by atoms with Gasteiger partial charge in [0.15, 0.2) is 0 Å². The summed E-state index contributed by atoms with van der Waals surface area (Å²) in [5, 5.41) is 1.92. The number of nitrogens with zero attached hydrogens (tertiary/aromatic N) is 2. The summed E-state index contributed by atoms with van der Waals surface area (Å²) in [5.74, 6) is 0.977. The van der Waals surface area contributed by atoms with E-state index in [1.54, 1.807) is 6.92 Å². The molecule has 1 unspecified atom stereocenters. The van der Waals surface area contributed by atoms with Crippen molar-refractivity contribution in [3.63, 3.8) is 0 Å². The average Bonchev–Trinajstić information content (AvgIpc) is 2.92. The van der Waals surface area contributed by atoms with Gasteiger partial charge in [-0.3, -0.25) is 9.79 Å². The van der Waals surface area contributed by atoms with Crippen molar-refractivity contribution >= 4 is 34.3 Å². The van der Waals surface area contributed by atoms with Crippen molar-refractivity contribution in [1.29, 1.82) is 0 Å². The maximum absolute atomic E-state index is 11.7. The van der Waals surface area contributed by atoms with E-state index < -0.39 is 5.72 Å². The summed E-state index contributed by atoms with van der Waals surface area (Å²) < 4.78 is 12.1. The van der Waals surface area contributed by atoms with Gasteiger partial charge in [0.05, 0.1) is 11.6 Å². The lowest BCUT2D eigenvalue weighted by Gasteiger charge is -2.45. The van der Waals surface area contributed by atoms with Gasteiger partial charge >= 0.3 is 5.97 Å². The van der Waals surface area contributed by atoms with E-state index in [0.717, 1.165) is 27.9 Å². The van der Waals surface area contributed by atoms with Crippen LogP contribution in [0.2, 0.25) is 0 Å². The maximum atomic E-state index is 11.7. The Balaban J connectivity index is 1.62. The van der Waals surface area contributed by atoms with Crippen molar-refractivity contribution in [2.75, 3.05) is 11.9 Å². The third-order valence-corrected chi connectivity index (χ3v) is 6.41. The molecule has 0 aromatic heterocycles. The van der Waals surface area contributed by atoms with E-state index in [0.29, 0.717) is 12.2 Å². The first-order valence-corrected chi connectivity index (χ1v) is 10.2. The molecule has 5 heteroatoms. The fourth-order valence-electron chi connectivity index (χ4n) is 4.62. The van der Waals surface area contributed by atoms with Crippen LogP contribution in [0.3, 0.4) is 0 Å². The average molecular weight is 400 g/mol. The molecule has 152 valence electrons. The van der Waals surface area contributed by atoms with Gasteiger partial charge in [0.1, 0.15) is 17.2 Å². The fourth-order valence-corrected chi connectivity index (χ4v) is 4.62. The normalized spacial score (nSPS) is 20.7. The van der Waals surface area contributed by atoms with Gasteiger partial charge in [-0.15, -0.1) is 0 Å². The zero-order chi connectivity index (χ0) is 21.1. The number of anilines is 1. The van der Waals surface area contributed by atoms with Crippen molar-refractivity contribution in [2.24, 2.45) is 4.99 Å². The van der Waals surface area contributed by atoms with E-state index in [-0.39, 0.29) is 11.4 Å². The number of para-hydroxylation sites is 1. The van der Waals surface area contributed by atoms with Crippen LogP contribution < -0.4 is 14.4 Å². The lowest BCUT2D eigenvalue weighted by molar-refractivity contribution is -0.134. The van der Waals surface area contributed by atoms with E-state index in [1.807, 2.05) is 49.7 Å². The molecule has 1 spiro atoms. The third-order valence-electron chi connectivity index (χ3n) is 6.41. The number of rotatable bonds is 2. The van der Waals surface area contributed by atoms with Gasteiger partial charge in [-0.05, 0) is 49.1 Å². The number of hydrogen-bond donors (Lipinski definition) is 0. The van der Waals surface area contributed by atoms with E-state index in [1.165, 1.54) is 5.56 Å². The molecular weight excluding hydrogens is 376 g/mol. The van der Waals surface area contributed by atoms with E-state index in [9.17, 15) is 4.79 Å². The maximum Gasteiger partial charge on any atom is 0.310 e. The number of carbonyl (C=O) groups excluding carboxylic acids is 1. The van der Waals surface area contributed by atoms with Crippen LogP contribution in [0.5, 0.6) is 11.5 Å². The zero-order valence-electron chi connectivity index (χ0n) is 17.6. The van der Waals surface area contributed by atoms with Crippen LogP contribution in [-0.2, 0) is 10.2 Å². The molecule has 0 radical (unpaired) electrons. The minimum absolute atomic E-state index is 0.259. The molecular formula is C25H24N2O3. The second-order valence-electron chi connectivity index (χ2n) is 8.38. The minimum Gasteiger partial charge on any atom is -0.459 e. The van der Waals surface area contributed by atoms with Gasteiger partial charge in [-0.1, -0.05) is 37.3 Å². The Morgan fingerprint density at radius 1 is 1.13 bits per heavy atom. The summed E-state index contributed by atoms with van der Waals surface area (Å²) in [7, 11) is 2.05. The molecule has 30 heavy (non-hydrogen) atoms. The Hall–Kier alpha value is -3.34. The van der Waals surface area contributed by atoms with Gasteiger partial charge in [-0.2, -0.15) is 0 Å². The van der Waals surface area contributed by atoms with Gasteiger partial charge in [-0.25, -0.2) is 0 Å². The van der Waals surface area contributed by atoms with Gasteiger partial charge < -0.3 is 14.4 Å². The van der Waals surface area contributed by atoms with Crippen LogP contribution in [-0.4, -0.2) is 25.0 Å². The van der Waals surface area contributed by atoms with Crippen LogP contribution in [0.25, 0.3) is 10.8 Å². The zero-order valence-corrected chi connectivity index (χ0v) is 17.6. The number of benzene rings is 3. The van der Waals surface area contributed by atoms with Crippen LogP contribution in [0.1, 0.15) is 32.8 Å². The number of ether oxygens (including phenoxy) is 2. The molecule has 1 atom stereocenters. The summed E-state index contributed by atoms with van der Waals surface area (Å²) in [4.78, 5) is 18.8. The van der Waals surface area contributed by atoms with E-state index in [2.05, 4.69) is 36.9 Å². The van der Waals surface area contributed by atoms with Crippen molar-refractivity contribution in [1.82, 2.24) is 0 Å². The third kappa shape index (κ3) is 2.41. The van der Waals surface area contributed by atoms with Gasteiger partial charge in [0, 0.05) is 24.5 Å². The second kappa shape index (κ2) is 6.33. The van der Waals surface area contributed by atoms with Gasteiger partial charge in [0.25, 0.3) is 0 Å². The Morgan fingerprint density at radius 2 is 1.90 bits per heavy atom. The van der Waals surface area contributed by atoms with Crippen molar-refractivity contribution in [3.05, 3.63) is 60.2 Å². The van der Waals surface area contributed by atoms with Crippen LogP contribution in [0.4, 0.5) is 11.4 Å². The Bertz CT molecular complexity index is 1210. The SMILES string of the molecule is CCC(=O)Oc1ccc2ccc3c(c2c1)N=CC1(O3)N(C)c2ccccc2C1(C)C. The van der Waals surface area contributed by atoms with Crippen LogP contribution in [0, 0.1) is 0 Å². The predicted octanol–water partition coefficient (Wildman–Crippen LogP) is 5.37. The molecule has 2 aliphatic heterocycles. The quantitative estimate of drug-likeness (QED) is 0.428. The van der Waals surface area contributed by atoms with Gasteiger partial charge in [0.2, 0.25) is 5.72 Å². The Morgan fingerprint density at radius 3 is 2.67 bits per heavy atom. The summed E-state index contributed by atoms with van der Waals surface area (Å²) in [6, 6.07) is 18.0. The fraction of sp³-hybridized carbons (Fsp3) is 0.280. The number of esters is 1. The molecule has 5 nitrogen and oxygen atoms in total. The molecule has 3 aromatic rings. The molecule has 0 saturated heterocycles. The molecule has 3 aromatic carbocycles. The highest BCUT2D eigenvalue weighted by molar-refractivity contribution is 6.00. The van der Waals surface area contributed by atoms with Crippen LogP contribution in [0.15, 0.2) is 59.6 Å². The Kier molecular flexibility index (Phi) is 3.94. The second-order valence-corrected chi connectivity index (χ2v) is 8.38. The van der Waals surface area contributed by atoms with Crippen molar-refractivity contribution < 1.29 is 14.3 Å². The molecule has 2 heterocycles. The molecule has 2 aliphatic rings. The highest BCUT2D eigenvalue weighted by atomic mass is 16.5. The van der Waals surface area contributed by atoms with E-state index >= 15 is 0 Å². The number of aliphatic imine (C=N–C) groups is 1. The van der Waals surface area contributed by atoms with E-state index in [4.69, 9.17) is 14.5 Å². The summed E-state index contributed by atoms with van der Waals surface area (Å²) in [5.41, 5.74) is 2.12. The standard InChI is InChI=1S/C25H24N2O3/c1-5-22(28)29-17-12-10-16-11-13-21-23(18(16)14-17)26-15-25(30-21)24(2,3)19-8-6-7-9-20(19)27(25)4/h6-15H,5H2,1-4H3. The van der Waals surface area contributed by atoms with Crippen molar-refractivity contribution in [3.8, 4) is 11.5 Å². The highest BCUT2D eigenvalue weighted by Gasteiger charge is 2.58. The topological polar surface area (TPSA) is 51.1 Å². The largest absolute Gasteiger partial charge is 0.459 e. The Labute approximate surface area is 175 Å². The lowest BCUT2D eigenvalue weighted by Crippen LogP contribution is -2.61. The molecule has 0 aliphatic carbocycles. The first-order valence-electron chi connectivity index (χ1n) is 10.2. The molecule has 0 saturated carbocycles. The molecule has 0 fully saturated rings. The lowest BCUT2D eigenvalue weighted by atomic mass is 9.77. The van der Waals surface area contributed by atoms with Crippen LogP contribution >= 0.6 is 0 Å². The number of likely N-dealkylation sites (N-methyl/N-ethyl adjacent to an activating group) is 1. The predicted molar refractivity (Wildman–Crippen MR) is 119 cm³/mol. The number of fused-ring (bicyclic) bond motifs is 4. The first-order chi connectivity index (χ1) is 14.4. The summed E-state index contributed by atoms with van der Waals surface area (Å²) in [6.07, 6.45) is 2.25. The monoisotopic (exact) mass is 400 g/mol.